The molecule has 1 aliphatic carbocycles. The Labute approximate surface area is 198 Å². The monoisotopic (exact) mass is 466 g/mol. The first-order valence-electron chi connectivity index (χ1n) is 11.5. The predicted octanol–water partition coefficient (Wildman–Crippen LogP) is 3.11. The summed E-state index contributed by atoms with van der Waals surface area (Å²) >= 11 is 0. The molecule has 2 N–H and O–H groups in total. The quantitative estimate of drug-likeness (QED) is 0.650. The largest absolute Gasteiger partial charge is 0.481 e. The first kappa shape index (κ1) is 23.8. The van der Waals surface area contributed by atoms with E-state index in [1.807, 2.05) is 36.4 Å². The van der Waals surface area contributed by atoms with E-state index in [2.05, 4.69) is 17.4 Å². The Balaban J connectivity index is 1.43. The molecule has 4 rings (SSSR count). The van der Waals surface area contributed by atoms with Crippen molar-refractivity contribution in [2.24, 2.45) is 11.8 Å². The molecule has 1 aliphatic heterocycles. The Hall–Kier alpha value is -3.39. The molecule has 8 nitrogen and oxygen atoms in total. The van der Waals surface area contributed by atoms with Crippen LogP contribution in [0, 0.1) is 11.8 Å². The maximum Gasteiger partial charge on any atom is 0.407 e. The van der Waals surface area contributed by atoms with E-state index >= 15 is 0 Å². The minimum absolute atomic E-state index is 0.0945. The van der Waals surface area contributed by atoms with Gasteiger partial charge in [-0.2, -0.15) is 0 Å². The molecule has 2 aromatic carbocycles. The van der Waals surface area contributed by atoms with Gasteiger partial charge in [0.1, 0.15) is 12.6 Å². The third-order valence-electron chi connectivity index (χ3n) is 6.97. The number of carbonyl (C=O) groups excluding carboxylic acids is 2. The van der Waals surface area contributed by atoms with Crippen LogP contribution in [0.3, 0.4) is 0 Å². The fourth-order valence-corrected chi connectivity index (χ4v) is 4.95. The average Bonchev–Trinajstić information content (AvgIpc) is 3.38. The van der Waals surface area contributed by atoms with Crippen LogP contribution >= 0.6 is 0 Å². The first-order valence-corrected chi connectivity index (χ1v) is 11.5. The number of hydrogen-bond acceptors (Lipinski definition) is 5. The number of nitrogens with zero attached hydrogens (tertiary/aromatic N) is 1. The minimum Gasteiger partial charge on any atom is -0.481 e. The minimum atomic E-state index is -0.986. The number of aliphatic carboxylic acids is 1. The van der Waals surface area contributed by atoms with Gasteiger partial charge >= 0.3 is 12.1 Å². The van der Waals surface area contributed by atoms with Crippen molar-refractivity contribution in [3.8, 4) is 11.1 Å². The van der Waals surface area contributed by atoms with Gasteiger partial charge in [0.05, 0.1) is 12.0 Å². The third-order valence-corrected chi connectivity index (χ3v) is 6.97. The summed E-state index contributed by atoms with van der Waals surface area (Å²) in [6.45, 7) is 4.04. The number of hydrogen-bond donors (Lipinski definition) is 2. The topological polar surface area (TPSA) is 105 Å². The SMILES string of the molecule is COC(C)C(NC(=O)OCC1c2ccccc2-c2ccccc21)C(=O)N1CC(C)C(C(=O)O)C1. The third kappa shape index (κ3) is 4.50. The van der Waals surface area contributed by atoms with Gasteiger partial charge in [0.2, 0.25) is 5.91 Å². The van der Waals surface area contributed by atoms with Crippen LogP contribution in [0.5, 0.6) is 0 Å². The van der Waals surface area contributed by atoms with E-state index in [1.54, 1.807) is 13.8 Å². The molecular weight excluding hydrogens is 436 g/mol. The normalized spacial score (nSPS) is 20.9. The summed E-state index contributed by atoms with van der Waals surface area (Å²) in [6.07, 6.45) is -1.33. The molecule has 0 bridgehead atoms. The highest BCUT2D eigenvalue weighted by atomic mass is 16.5. The average molecular weight is 467 g/mol. The second kappa shape index (κ2) is 9.85. The molecule has 1 fully saturated rings. The number of carboxylic acid groups (broad SMARTS) is 1. The number of ether oxygens (including phenoxy) is 2. The van der Waals surface area contributed by atoms with Crippen molar-refractivity contribution in [3.05, 3.63) is 59.7 Å². The van der Waals surface area contributed by atoms with Crippen molar-refractivity contribution in [2.75, 3.05) is 26.8 Å². The number of amides is 2. The maximum atomic E-state index is 13.2. The molecule has 2 aromatic rings. The van der Waals surface area contributed by atoms with Crippen LogP contribution in [-0.2, 0) is 19.1 Å². The number of fused-ring (bicyclic) bond motifs is 3. The molecule has 1 heterocycles. The van der Waals surface area contributed by atoms with Crippen molar-refractivity contribution >= 4 is 18.0 Å². The maximum absolute atomic E-state index is 13.2. The summed E-state index contributed by atoms with van der Waals surface area (Å²) in [7, 11) is 1.46. The number of carboxylic acids is 1. The molecule has 1 saturated heterocycles. The summed E-state index contributed by atoms with van der Waals surface area (Å²) in [5.74, 6) is -2.20. The van der Waals surface area contributed by atoms with Gasteiger partial charge in [0, 0.05) is 26.1 Å². The van der Waals surface area contributed by atoms with Crippen molar-refractivity contribution in [3.63, 3.8) is 0 Å². The molecule has 0 saturated carbocycles. The number of likely N-dealkylation sites (tertiary alicyclic amines) is 1. The Morgan fingerprint density at radius 2 is 1.65 bits per heavy atom. The Morgan fingerprint density at radius 3 is 2.18 bits per heavy atom. The lowest BCUT2D eigenvalue weighted by molar-refractivity contribution is -0.142. The number of carbonyl (C=O) groups is 3. The molecule has 34 heavy (non-hydrogen) atoms. The fraction of sp³-hybridized carbons (Fsp3) is 0.423. The molecule has 180 valence electrons. The fourth-order valence-electron chi connectivity index (χ4n) is 4.95. The second-order valence-electron chi connectivity index (χ2n) is 9.05. The number of rotatable bonds is 7. The highest BCUT2D eigenvalue weighted by molar-refractivity contribution is 5.87. The lowest BCUT2D eigenvalue weighted by Gasteiger charge is -2.28. The zero-order valence-electron chi connectivity index (χ0n) is 19.6. The van der Waals surface area contributed by atoms with Crippen LogP contribution in [0.4, 0.5) is 4.79 Å². The van der Waals surface area contributed by atoms with E-state index in [0.29, 0.717) is 6.54 Å². The van der Waals surface area contributed by atoms with Crippen molar-refractivity contribution < 1.29 is 29.0 Å². The lowest BCUT2D eigenvalue weighted by atomic mass is 9.98. The van der Waals surface area contributed by atoms with Crippen LogP contribution < -0.4 is 5.32 Å². The van der Waals surface area contributed by atoms with Gasteiger partial charge in [-0.25, -0.2) is 4.79 Å². The molecule has 2 aliphatic rings. The van der Waals surface area contributed by atoms with Gasteiger partial charge in [0.25, 0.3) is 0 Å². The first-order chi connectivity index (χ1) is 16.3. The van der Waals surface area contributed by atoms with Gasteiger partial charge in [-0.3, -0.25) is 9.59 Å². The standard InChI is InChI=1S/C26H30N2O6/c1-15-12-28(13-21(15)25(30)31)24(29)23(16(2)33-3)27-26(32)34-14-22-19-10-6-4-8-17(19)18-9-5-7-11-20(18)22/h4-11,15-16,21-23H,12-14H2,1-3H3,(H,27,32)(H,30,31). The molecular formula is C26H30N2O6. The van der Waals surface area contributed by atoms with Crippen LogP contribution in [0.15, 0.2) is 48.5 Å². The molecule has 4 atom stereocenters. The van der Waals surface area contributed by atoms with Gasteiger partial charge in [-0.1, -0.05) is 55.5 Å². The number of nitrogens with one attached hydrogen (secondary N) is 1. The number of benzene rings is 2. The van der Waals surface area contributed by atoms with Gasteiger partial charge < -0.3 is 24.8 Å². The van der Waals surface area contributed by atoms with Crippen LogP contribution in [0.1, 0.15) is 30.9 Å². The summed E-state index contributed by atoms with van der Waals surface area (Å²) in [5.41, 5.74) is 4.45. The van der Waals surface area contributed by atoms with E-state index in [9.17, 15) is 19.5 Å². The zero-order valence-corrected chi connectivity index (χ0v) is 19.6. The zero-order chi connectivity index (χ0) is 24.4. The van der Waals surface area contributed by atoms with E-state index in [1.165, 1.54) is 12.0 Å². The molecule has 2 amide bonds. The number of methoxy groups -OCH3 is 1. The van der Waals surface area contributed by atoms with Crippen molar-refractivity contribution in [2.45, 2.75) is 31.9 Å². The van der Waals surface area contributed by atoms with E-state index < -0.39 is 30.1 Å². The van der Waals surface area contributed by atoms with Gasteiger partial charge in [0.15, 0.2) is 0 Å². The summed E-state index contributed by atoms with van der Waals surface area (Å²) < 4.78 is 10.9. The smallest absolute Gasteiger partial charge is 0.407 e. The molecule has 4 unspecified atom stereocenters. The summed E-state index contributed by atoms with van der Waals surface area (Å²) in [6, 6.07) is 15.1. The molecule has 0 radical (unpaired) electrons. The highest BCUT2D eigenvalue weighted by Crippen LogP contribution is 2.44. The van der Waals surface area contributed by atoms with E-state index in [0.717, 1.165) is 22.3 Å². The molecule has 0 aromatic heterocycles. The molecule has 8 heteroatoms. The Morgan fingerprint density at radius 1 is 1.06 bits per heavy atom. The molecule has 0 spiro atoms. The van der Waals surface area contributed by atoms with Crippen LogP contribution in [-0.4, -0.2) is 66.9 Å². The number of alkyl carbamates (subject to hydrolysis) is 1. The Kier molecular flexibility index (Phi) is 6.88. The van der Waals surface area contributed by atoms with Crippen molar-refractivity contribution in [1.29, 1.82) is 0 Å². The summed E-state index contributed by atoms with van der Waals surface area (Å²) in [5, 5.41) is 12.0. The van der Waals surface area contributed by atoms with Gasteiger partial charge in [-0.05, 0) is 35.1 Å². The van der Waals surface area contributed by atoms with E-state index in [4.69, 9.17) is 9.47 Å². The second-order valence-corrected chi connectivity index (χ2v) is 9.05. The van der Waals surface area contributed by atoms with E-state index in [-0.39, 0.29) is 30.9 Å². The van der Waals surface area contributed by atoms with Crippen LogP contribution in [0.2, 0.25) is 0 Å². The van der Waals surface area contributed by atoms with Crippen LogP contribution in [0.25, 0.3) is 11.1 Å². The predicted molar refractivity (Wildman–Crippen MR) is 125 cm³/mol. The highest BCUT2D eigenvalue weighted by Gasteiger charge is 2.41. The van der Waals surface area contributed by atoms with Crippen molar-refractivity contribution in [1.82, 2.24) is 10.2 Å². The Bertz CT molecular complexity index is 1040. The van der Waals surface area contributed by atoms with Gasteiger partial charge in [-0.15, -0.1) is 0 Å². The lowest BCUT2D eigenvalue weighted by Crippen LogP contribution is -2.54. The summed E-state index contributed by atoms with van der Waals surface area (Å²) in [4.78, 5) is 38.9.